The Morgan fingerprint density at radius 3 is 2.33 bits per heavy atom. The molecule has 0 radical (unpaired) electrons. The van der Waals surface area contributed by atoms with Crippen molar-refractivity contribution in [3.8, 4) is 28.6 Å². The van der Waals surface area contributed by atoms with Gasteiger partial charge in [-0.05, 0) is 50.2 Å². The molecule has 0 N–H and O–H groups in total. The minimum Gasteiger partial charge on any atom is -0.497 e. The molecule has 0 spiro atoms. The molecule has 0 fully saturated rings. The maximum atomic E-state index is 5.76. The van der Waals surface area contributed by atoms with Gasteiger partial charge in [0.2, 0.25) is 23.5 Å². The zero-order valence-corrected chi connectivity index (χ0v) is 15.3. The van der Waals surface area contributed by atoms with Crippen molar-refractivity contribution in [2.24, 2.45) is 0 Å². The van der Waals surface area contributed by atoms with Crippen LogP contribution in [0.25, 0.3) is 22.8 Å². The molecule has 4 rings (SSSR count). The smallest absolute Gasteiger partial charge is 0.247 e. The number of benzene rings is 2. The van der Waals surface area contributed by atoms with E-state index in [0.29, 0.717) is 23.5 Å². The Labute approximate surface area is 156 Å². The van der Waals surface area contributed by atoms with Crippen molar-refractivity contribution in [1.82, 2.24) is 20.3 Å². The average Bonchev–Trinajstić information content (AvgIpc) is 3.31. The highest BCUT2D eigenvalue weighted by Crippen LogP contribution is 2.23. The van der Waals surface area contributed by atoms with E-state index >= 15 is 0 Å². The van der Waals surface area contributed by atoms with E-state index in [4.69, 9.17) is 13.7 Å². The normalized spacial score (nSPS) is 10.9. The number of ether oxygens (including phenoxy) is 1. The maximum absolute atomic E-state index is 5.76. The number of nitrogens with zero attached hydrogens (tertiary/aromatic N) is 4. The fourth-order valence-electron chi connectivity index (χ4n) is 2.85. The van der Waals surface area contributed by atoms with Crippen molar-refractivity contribution in [3.63, 3.8) is 0 Å². The number of hydrogen-bond donors (Lipinski definition) is 0. The van der Waals surface area contributed by atoms with E-state index in [0.717, 1.165) is 28.0 Å². The zero-order chi connectivity index (χ0) is 18.8. The molecule has 0 saturated heterocycles. The summed E-state index contributed by atoms with van der Waals surface area (Å²) in [6, 6.07) is 13.6. The average molecular weight is 362 g/mol. The molecule has 0 aliphatic heterocycles. The van der Waals surface area contributed by atoms with Crippen LogP contribution >= 0.6 is 0 Å². The Morgan fingerprint density at radius 1 is 0.889 bits per heavy atom. The van der Waals surface area contributed by atoms with Gasteiger partial charge in [-0.1, -0.05) is 22.3 Å². The van der Waals surface area contributed by atoms with E-state index < -0.39 is 0 Å². The Balaban J connectivity index is 1.51. The van der Waals surface area contributed by atoms with Crippen LogP contribution in [0.2, 0.25) is 0 Å². The number of aryl methyl sites for hydroxylation is 2. The predicted octanol–water partition coefficient (Wildman–Crippen LogP) is 4.00. The molecule has 2 aromatic carbocycles. The van der Waals surface area contributed by atoms with Crippen molar-refractivity contribution in [1.29, 1.82) is 0 Å². The summed E-state index contributed by atoms with van der Waals surface area (Å²) in [5.41, 5.74) is 4.03. The fourth-order valence-corrected chi connectivity index (χ4v) is 2.85. The van der Waals surface area contributed by atoms with E-state index in [-0.39, 0.29) is 6.42 Å². The second-order valence-corrected chi connectivity index (χ2v) is 6.29. The van der Waals surface area contributed by atoms with Crippen LogP contribution in [0, 0.1) is 13.8 Å². The highest BCUT2D eigenvalue weighted by Gasteiger charge is 2.15. The molecule has 0 atom stereocenters. The van der Waals surface area contributed by atoms with Crippen LogP contribution in [0.1, 0.15) is 22.9 Å². The third-order valence-electron chi connectivity index (χ3n) is 4.05. The Kier molecular flexibility index (Phi) is 4.42. The van der Waals surface area contributed by atoms with Gasteiger partial charge in [-0.3, -0.25) is 0 Å². The standard InChI is InChI=1S/C20H18N4O3/c1-12-8-13(2)10-15(9-12)20-23-22-18(26-20)11-17-21-19(24-27-17)14-4-6-16(25-3)7-5-14/h4-10H,11H2,1-3H3. The van der Waals surface area contributed by atoms with Crippen molar-refractivity contribution in [2.75, 3.05) is 7.11 Å². The molecule has 2 aromatic heterocycles. The van der Waals surface area contributed by atoms with Crippen LogP contribution in [-0.4, -0.2) is 27.4 Å². The largest absolute Gasteiger partial charge is 0.497 e. The first-order valence-electron chi connectivity index (χ1n) is 8.49. The lowest BCUT2D eigenvalue weighted by Gasteiger charge is -1.99. The van der Waals surface area contributed by atoms with Gasteiger partial charge >= 0.3 is 0 Å². The molecule has 0 amide bonds. The van der Waals surface area contributed by atoms with Gasteiger partial charge in [-0.2, -0.15) is 4.98 Å². The third kappa shape index (κ3) is 3.72. The van der Waals surface area contributed by atoms with Crippen LogP contribution in [0.15, 0.2) is 51.4 Å². The second kappa shape index (κ2) is 7.03. The topological polar surface area (TPSA) is 87.1 Å². The van der Waals surface area contributed by atoms with Crippen LogP contribution in [0.3, 0.4) is 0 Å². The molecule has 0 bridgehead atoms. The molecule has 7 nitrogen and oxygen atoms in total. The zero-order valence-electron chi connectivity index (χ0n) is 15.3. The quantitative estimate of drug-likeness (QED) is 0.530. The molecule has 0 aliphatic rings. The van der Waals surface area contributed by atoms with Crippen molar-refractivity contribution in [3.05, 3.63) is 65.4 Å². The van der Waals surface area contributed by atoms with Crippen molar-refractivity contribution >= 4 is 0 Å². The molecule has 2 heterocycles. The predicted molar refractivity (Wildman–Crippen MR) is 98.3 cm³/mol. The maximum Gasteiger partial charge on any atom is 0.247 e. The number of methoxy groups -OCH3 is 1. The monoisotopic (exact) mass is 362 g/mol. The minimum atomic E-state index is 0.279. The van der Waals surface area contributed by atoms with Gasteiger partial charge in [0.25, 0.3) is 0 Å². The van der Waals surface area contributed by atoms with Crippen LogP contribution in [0.4, 0.5) is 0 Å². The molecule has 136 valence electrons. The third-order valence-corrected chi connectivity index (χ3v) is 4.05. The molecule has 27 heavy (non-hydrogen) atoms. The number of rotatable bonds is 5. The highest BCUT2D eigenvalue weighted by atomic mass is 16.5. The van der Waals surface area contributed by atoms with E-state index in [1.54, 1.807) is 7.11 Å². The van der Waals surface area contributed by atoms with Crippen molar-refractivity contribution in [2.45, 2.75) is 20.3 Å². The summed E-state index contributed by atoms with van der Waals surface area (Å²) in [5.74, 6) is 2.59. The summed E-state index contributed by atoms with van der Waals surface area (Å²) in [6.07, 6.45) is 0.279. The van der Waals surface area contributed by atoms with Crippen molar-refractivity contribution < 1.29 is 13.7 Å². The van der Waals surface area contributed by atoms with Crippen LogP contribution in [0.5, 0.6) is 5.75 Å². The summed E-state index contributed by atoms with van der Waals surface area (Å²) in [6.45, 7) is 4.07. The molecule has 7 heteroatoms. The highest BCUT2D eigenvalue weighted by molar-refractivity contribution is 5.56. The second-order valence-electron chi connectivity index (χ2n) is 6.29. The van der Waals surface area contributed by atoms with Gasteiger partial charge in [0.1, 0.15) is 12.2 Å². The summed E-state index contributed by atoms with van der Waals surface area (Å²) in [5, 5.41) is 12.2. The Hall–Kier alpha value is -3.48. The lowest BCUT2D eigenvalue weighted by atomic mass is 10.1. The van der Waals surface area contributed by atoms with Gasteiger partial charge < -0.3 is 13.7 Å². The van der Waals surface area contributed by atoms with Gasteiger partial charge in [-0.25, -0.2) is 0 Å². The molecule has 0 unspecified atom stereocenters. The first-order valence-corrected chi connectivity index (χ1v) is 8.49. The summed E-state index contributed by atoms with van der Waals surface area (Å²) < 4.78 is 16.2. The van der Waals surface area contributed by atoms with Gasteiger partial charge in [0.05, 0.1) is 7.11 Å². The lowest BCUT2D eigenvalue weighted by Crippen LogP contribution is -1.89. The first-order chi connectivity index (χ1) is 13.1. The molecular formula is C20H18N4O3. The summed E-state index contributed by atoms with van der Waals surface area (Å²) in [4.78, 5) is 4.40. The van der Waals surface area contributed by atoms with Gasteiger partial charge in [0, 0.05) is 11.1 Å². The first kappa shape index (κ1) is 17.0. The number of hydrogen-bond acceptors (Lipinski definition) is 7. The summed E-state index contributed by atoms with van der Waals surface area (Å²) in [7, 11) is 1.62. The Morgan fingerprint density at radius 2 is 1.63 bits per heavy atom. The van der Waals surface area contributed by atoms with Gasteiger partial charge in [-0.15, -0.1) is 10.2 Å². The van der Waals surface area contributed by atoms with E-state index in [9.17, 15) is 0 Å². The number of aromatic nitrogens is 4. The van der Waals surface area contributed by atoms with Crippen LogP contribution in [-0.2, 0) is 6.42 Å². The van der Waals surface area contributed by atoms with Crippen LogP contribution < -0.4 is 4.74 Å². The fraction of sp³-hybridized carbons (Fsp3) is 0.200. The van der Waals surface area contributed by atoms with Gasteiger partial charge in [0.15, 0.2) is 0 Å². The molecule has 0 aliphatic carbocycles. The molecule has 0 saturated carbocycles. The van der Waals surface area contributed by atoms with E-state index in [2.05, 4.69) is 26.4 Å². The minimum absolute atomic E-state index is 0.279. The van der Waals surface area contributed by atoms with E-state index in [1.165, 1.54) is 0 Å². The SMILES string of the molecule is COc1ccc(-c2noc(Cc3nnc(-c4cc(C)cc(C)c4)o3)n2)cc1. The lowest BCUT2D eigenvalue weighted by molar-refractivity contribution is 0.374. The molecule has 4 aromatic rings. The van der Waals surface area contributed by atoms with E-state index in [1.807, 2.05) is 50.2 Å². The Bertz CT molecular complexity index is 1050. The molecular weight excluding hydrogens is 344 g/mol. The summed E-state index contributed by atoms with van der Waals surface area (Å²) >= 11 is 0.